The highest BCUT2D eigenvalue weighted by Gasteiger charge is 2.21. The molecule has 0 fully saturated rings. The van der Waals surface area contributed by atoms with Crippen molar-refractivity contribution in [2.45, 2.75) is 13.0 Å². The molecule has 108 valence electrons. The fourth-order valence-corrected chi connectivity index (χ4v) is 1.76. The van der Waals surface area contributed by atoms with Crippen molar-refractivity contribution in [3.8, 4) is 0 Å². The van der Waals surface area contributed by atoms with E-state index in [2.05, 4.69) is 21.2 Å². The number of carbonyl (C=O) groups excluding carboxylic acids is 3. The van der Waals surface area contributed by atoms with Gasteiger partial charge in [0.25, 0.3) is 5.91 Å². The van der Waals surface area contributed by atoms with Crippen LogP contribution in [0.1, 0.15) is 17.3 Å². The lowest BCUT2D eigenvalue weighted by molar-refractivity contribution is -0.127. The van der Waals surface area contributed by atoms with Crippen LogP contribution in [0.4, 0.5) is 4.79 Å². The standard InChI is InChI=1S/C12H12BrClN2O4/c1-6(10(17)16-12(19)15-2)20-11(18)8-5-7(13)3-4-9(8)14/h3-6H,1-2H3,(H2,15,16,17,19). The van der Waals surface area contributed by atoms with Gasteiger partial charge in [0.05, 0.1) is 10.6 Å². The molecule has 0 aliphatic carbocycles. The van der Waals surface area contributed by atoms with Crippen LogP contribution in [-0.4, -0.2) is 31.1 Å². The van der Waals surface area contributed by atoms with Gasteiger partial charge in [-0.3, -0.25) is 10.1 Å². The first-order chi connectivity index (χ1) is 9.35. The molecule has 0 radical (unpaired) electrons. The Morgan fingerprint density at radius 2 is 2.00 bits per heavy atom. The molecule has 0 saturated heterocycles. The van der Waals surface area contributed by atoms with Crippen LogP contribution < -0.4 is 10.6 Å². The van der Waals surface area contributed by atoms with Gasteiger partial charge in [-0.15, -0.1) is 0 Å². The first-order valence-corrected chi connectivity index (χ1v) is 6.71. The van der Waals surface area contributed by atoms with Crippen LogP contribution >= 0.6 is 27.5 Å². The first-order valence-electron chi connectivity index (χ1n) is 5.53. The average molecular weight is 364 g/mol. The number of ether oxygens (including phenoxy) is 1. The van der Waals surface area contributed by atoms with E-state index in [0.29, 0.717) is 4.47 Å². The Morgan fingerprint density at radius 1 is 1.35 bits per heavy atom. The predicted molar refractivity (Wildman–Crippen MR) is 76.6 cm³/mol. The van der Waals surface area contributed by atoms with E-state index in [-0.39, 0.29) is 10.6 Å². The maximum atomic E-state index is 11.9. The zero-order valence-electron chi connectivity index (χ0n) is 10.7. The molecule has 1 aromatic rings. The first kappa shape index (κ1) is 16.5. The molecular formula is C12H12BrClN2O4. The number of esters is 1. The number of amides is 3. The number of imide groups is 1. The van der Waals surface area contributed by atoms with Crippen molar-refractivity contribution in [3.63, 3.8) is 0 Å². The van der Waals surface area contributed by atoms with Crippen LogP contribution in [-0.2, 0) is 9.53 Å². The van der Waals surface area contributed by atoms with Crippen LogP contribution in [0, 0.1) is 0 Å². The van der Waals surface area contributed by atoms with Crippen LogP contribution in [0.15, 0.2) is 22.7 Å². The molecule has 1 unspecified atom stereocenters. The van der Waals surface area contributed by atoms with Crippen molar-refractivity contribution >= 4 is 45.4 Å². The fourth-order valence-electron chi connectivity index (χ4n) is 1.21. The third-order valence-electron chi connectivity index (χ3n) is 2.27. The highest BCUT2D eigenvalue weighted by atomic mass is 79.9. The summed E-state index contributed by atoms with van der Waals surface area (Å²) >= 11 is 9.08. The van der Waals surface area contributed by atoms with Gasteiger partial charge in [-0.25, -0.2) is 9.59 Å². The maximum absolute atomic E-state index is 11.9. The molecular weight excluding hydrogens is 351 g/mol. The number of rotatable bonds is 3. The number of hydrogen-bond donors (Lipinski definition) is 2. The highest BCUT2D eigenvalue weighted by Crippen LogP contribution is 2.22. The normalized spacial score (nSPS) is 11.4. The van der Waals surface area contributed by atoms with Gasteiger partial charge in [-0.05, 0) is 25.1 Å². The van der Waals surface area contributed by atoms with Gasteiger partial charge in [-0.2, -0.15) is 0 Å². The monoisotopic (exact) mass is 362 g/mol. The molecule has 2 N–H and O–H groups in total. The van der Waals surface area contributed by atoms with Crippen molar-refractivity contribution in [1.82, 2.24) is 10.6 Å². The lowest BCUT2D eigenvalue weighted by Crippen LogP contribution is -2.43. The van der Waals surface area contributed by atoms with Gasteiger partial charge < -0.3 is 10.1 Å². The van der Waals surface area contributed by atoms with Gasteiger partial charge in [0, 0.05) is 11.5 Å². The molecule has 0 aliphatic rings. The zero-order chi connectivity index (χ0) is 15.3. The SMILES string of the molecule is CNC(=O)NC(=O)C(C)OC(=O)c1cc(Br)ccc1Cl. The van der Waals surface area contributed by atoms with E-state index < -0.39 is 24.0 Å². The van der Waals surface area contributed by atoms with E-state index in [1.165, 1.54) is 26.1 Å². The molecule has 0 saturated carbocycles. The Balaban J connectivity index is 2.72. The van der Waals surface area contributed by atoms with E-state index in [4.69, 9.17) is 16.3 Å². The topological polar surface area (TPSA) is 84.5 Å². The van der Waals surface area contributed by atoms with Crippen LogP contribution in [0.2, 0.25) is 5.02 Å². The third kappa shape index (κ3) is 4.50. The van der Waals surface area contributed by atoms with Crippen molar-refractivity contribution < 1.29 is 19.1 Å². The van der Waals surface area contributed by atoms with E-state index in [9.17, 15) is 14.4 Å². The number of nitrogens with one attached hydrogen (secondary N) is 2. The third-order valence-corrected chi connectivity index (χ3v) is 3.09. The molecule has 0 spiro atoms. The number of urea groups is 1. The molecule has 20 heavy (non-hydrogen) atoms. The Kier molecular flexibility index (Phi) is 5.97. The lowest BCUT2D eigenvalue weighted by Gasteiger charge is -2.13. The second-order valence-corrected chi connectivity index (χ2v) is 5.06. The maximum Gasteiger partial charge on any atom is 0.340 e. The van der Waals surface area contributed by atoms with Gasteiger partial charge in [0.2, 0.25) is 0 Å². The summed E-state index contributed by atoms with van der Waals surface area (Å²) in [6.45, 7) is 1.35. The van der Waals surface area contributed by atoms with E-state index >= 15 is 0 Å². The van der Waals surface area contributed by atoms with Crippen LogP contribution in [0.25, 0.3) is 0 Å². The number of benzene rings is 1. The quantitative estimate of drug-likeness (QED) is 0.806. The lowest BCUT2D eigenvalue weighted by atomic mass is 10.2. The number of hydrogen-bond acceptors (Lipinski definition) is 4. The van der Waals surface area contributed by atoms with Crippen molar-refractivity contribution in [1.29, 1.82) is 0 Å². The minimum absolute atomic E-state index is 0.126. The van der Waals surface area contributed by atoms with Gasteiger partial charge in [-0.1, -0.05) is 27.5 Å². The van der Waals surface area contributed by atoms with Crippen molar-refractivity contribution in [3.05, 3.63) is 33.3 Å². The second kappa shape index (κ2) is 7.25. The highest BCUT2D eigenvalue weighted by molar-refractivity contribution is 9.10. The van der Waals surface area contributed by atoms with Gasteiger partial charge in [0.1, 0.15) is 0 Å². The zero-order valence-corrected chi connectivity index (χ0v) is 13.0. The molecule has 0 bridgehead atoms. The second-order valence-electron chi connectivity index (χ2n) is 3.74. The Labute approximate surface area is 128 Å². The summed E-state index contributed by atoms with van der Waals surface area (Å²) in [6, 6.07) is 3.99. The summed E-state index contributed by atoms with van der Waals surface area (Å²) in [5.41, 5.74) is 0.126. The Morgan fingerprint density at radius 3 is 2.60 bits per heavy atom. The fraction of sp³-hybridized carbons (Fsp3) is 0.250. The van der Waals surface area contributed by atoms with E-state index in [1.54, 1.807) is 6.07 Å². The summed E-state index contributed by atoms with van der Waals surface area (Å²) in [5, 5.41) is 4.42. The van der Waals surface area contributed by atoms with Crippen LogP contribution in [0.5, 0.6) is 0 Å². The molecule has 1 aromatic carbocycles. The number of carbonyl (C=O) groups is 3. The van der Waals surface area contributed by atoms with Gasteiger partial charge >= 0.3 is 12.0 Å². The van der Waals surface area contributed by atoms with Gasteiger partial charge in [0.15, 0.2) is 6.10 Å². The molecule has 0 heterocycles. The van der Waals surface area contributed by atoms with Crippen molar-refractivity contribution in [2.24, 2.45) is 0 Å². The molecule has 6 nitrogen and oxygen atoms in total. The smallest absolute Gasteiger partial charge is 0.340 e. The summed E-state index contributed by atoms with van der Waals surface area (Å²) in [7, 11) is 1.36. The minimum Gasteiger partial charge on any atom is -0.449 e. The summed E-state index contributed by atoms with van der Waals surface area (Å²) in [5.74, 6) is -1.49. The molecule has 0 aromatic heterocycles. The molecule has 3 amide bonds. The van der Waals surface area contributed by atoms with E-state index in [1.807, 2.05) is 5.32 Å². The molecule has 1 rings (SSSR count). The summed E-state index contributed by atoms with van der Waals surface area (Å²) < 4.78 is 5.59. The Hall–Kier alpha value is -1.60. The molecule has 1 atom stereocenters. The minimum atomic E-state index is -1.13. The predicted octanol–water partition coefficient (Wildman–Crippen LogP) is 2.10. The summed E-state index contributed by atoms with van der Waals surface area (Å²) in [6.07, 6.45) is -1.13. The molecule has 0 aliphatic heterocycles. The van der Waals surface area contributed by atoms with Crippen LogP contribution in [0.3, 0.4) is 0 Å². The Bertz CT molecular complexity index is 550. The number of halogens is 2. The molecule has 8 heteroatoms. The average Bonchev–Trinajstić information content (AvgIpc) is 2.40. The van der Waals surface area contributed by atoms with Crippen molar-refractivity contribution in [2.75, 3.05) is 7.05 Å². The summed E-state index contributed by atoms with van der Waals surface area (Å²) in [4.78, 5) is 34.4. The largest absolute Gasteiger partial charge is 0.449 e. The van der Waals surface area contributed by atoms with E-state index in [0.717, 1.165) is 0 Å².